The average molecular weight is 352 g/mol. The average Bonchev–Trinajstić information content (AvgIpc) is 3.20. The maximum atomic E-state index is 5.93. The number of pyridine rings is 1. The number of ether oxygens (including phenoxy) is 1. The van der Waals surface area contributed by atoms with Gasteiger partial charge in [0.05, 0.1) is 18.8 Å². The molecule has 4 rings (SSSR count). The Bertz CT molecular complexity index is 520. The van der Waals surface area contributed by atoms with Crippen LogP contribution >= 0.6 is 15.9 Å². The largest absolute Gasteiger partial charge is 0.374 e. The number of aromatic nitrogens is 1. The Morgan fingerprint density at radius 3 is 3.10 bits per heavy atom. The third-order valence-electron chi connectivity index (χ3n) is 4.82. The number of anilines is 1. The van der Waals surface area contributed by atoms with Crippen LogP contribution in [-0.4, -0.2) is 36.3 Å². The van der Waals surface area contributed by atoms with Crippen molar-refractivity contribution in [3.05, 3.63) is 22.3 Å². The zero-order valence-electron chi connectivity index (χ0n) is 12.2. The van der Waals surface area contributed by atoms with Crippen molar-refractivity contribution in [2.75, 3.05) is 18.1 Å². The fraction of sp³-hybridized carbons (Fsp3) is 0.688. The Kier molecular flexibility index (Phi) is 3.90. The second kappa shape index (κ2) is 5.86. The van der Waals surface area contributed by atoms with E-state index >= 15 is 0 Å². The summed E-state index contributed by atoms with van der Waals surface area (Å²) in [7, 11) is 0. The molecule has 2 atom stereocenters. The lowest BCUT2D eigenvalue weighted by Crippen LogP contribution is -2.49. The van der Waals surface area contributed by atoms with E-state index in [1.54, 1.807) is 0 Å². The van der Waals surface area contributed by atoms with Gasteiger partial charge in [-0.3, -0.25) is 0 Å². The third-order valence-corrected chi connectivity index (χ3v) is 5.26. The Hall–Kier alpha value is -0.650. The maximum Gasteiger partial charge on any atom is 0.133 e. The zero-order valence-corrected chi connectivity index (χ0v) is 13.8. The topological polar surface area (TPSA) is 37.4 Å². The van der Waals surface area contributed by atoms with Gasteiger partial charge in [0.25, 0.3) is 0 Å². The first kappa shape index (κ1) is 14.0. The Labute approximate surface area is 134 Å². The summed E-state index contributed by atoms with van der Waals surface area (Å²) in [6.07, 6.45) is 8.69. The normalized spacial score (nSPS) is 28.7. The molecule has 21 heavy (non-hydrogen) atoms. The summed E-state index contributed by atoms with van der Waals surface area (Å²) in [5.74, 6) is 1.16. The van der Waals surface area contributed by atoms with Gasteiger partial charge in [-0.2, -0.15) is 0 Å². The molecule has 0 bridgehead atoms. The summed E-state index contributed by atoms with van der Waals surface area (Å²) in [5.41, 5.74) is 1.31. The van der Waals surface area contributed by atoms with Gasteiger partial charge in [0.1, 0.15) is 5.82 Å². The number of nitrogens with one attached hydrogen (secondary N) is 1. The van der Waals surface area contributed by atoms with Crippen LogP contribution in [0, 0.1) is 0 Å². The summed E-state index contributed by atoms with van der Waals surface area (Å²) in [6.45, 7) is 2.71. The van der Waals surface area contributed by atoms with Gasteiger partial charge < -0.3 is 15.0 Å². The van der Waals surface area contributed by atoms with Crippen LogP contribution < -0.4 is 10.2 Å². The van der Waals surface area contributed by atoms with Crippen molar-refractivity contribution in [2.24, 2.45) is 0 Å². The molecule has 0 spiro atoms. The molecule has 1 saturated heterocycles. The number of morpholine rings is 1. The highest BCUT2D eigenvalue weighted by molar-refractivity contribution is 9.10. The molecule has 0 aromatic carbocycles. The highest BCUT2D eigenvalue weighted by Gasteiger charge is 2.37. The van der Waals surface area contributed by atoms with Gasteiger partial charge >= 0.3 is 0 Å². The molecule has 0 amide bonds. The Morgan fingerprint density at radius 1 is 1.33 bits per heavy atom. The molecular formula is C16H22BrN3O. The molecule has 2 saturated carbocycles. The Morgan fingerprint density at radius 2 is 2.24 bits per heavy atom. The van der Waals surface area contributed by atoms with Crippen LogP contribution in [0.3, 0.4) is 0 Å². The van der Waals surface area contributed by atoms with Crippen LogP contribution in [0.4, 0.5) is 5.82 Å². The molecule has 2 aliphatic carbocycles. The fourth-order valence-electron chi connectivity index (χ4n) is 3.59. The monoisotopic (exact) mass is 351 g/mol. The molecule has 2 unspecified atom stereocenters. The zero-order chi connectivity index (χ0) is 14.2. The van der Waals surface area contributed by atoms with Gasteiger partial charge in [0.2, 0.25) is 0 Å². The molecule has 1 aliphatic heterocycles. The predicted molar refractivity (Wildman–Crippen MR) is 86.5 cm³/mol. The molecular weight excluding hydrogens is 330 g/mol. The number of hydrogen-bond acceptors (Lipinski definition) is 4. The summed E-state index contributed by atoms with van der Waals surface area (Å²) < 4.78 is 7.00. The van der Waals surface area contributed by atoms with Crippen LogP contribution in [0.25, 0.3) is 0 Å². The molecule has 1 N–H and O–H groups in total. The van der Waals surface area contributed by atoms with E-state index in [1.165, 1.54) is 37.7 Å². The smallest absolute Gasteiger partial charge is 0.133 e. The van der Waals surface area contributed by atoms with Crippen molar-refractivity contribution in [2.45, 2.75) is 56.8 Å². The van der Waals surface area contributed by atoms with Crippen molar-refractivity contribution in [3.8, 4) is 0 Å². The van der Waals surface area contributed by atoms with Gasteiger partial charge in [-0.25, -0.2) is 4.98 Å². The fourth-order valence-corrected chi connectivity index (χ4v) is 3.97. The van der Waals surface area contributed by atoms with Crippen LogP contribution in [0.5, 0.6) is 0 Å². The number of hydrogen-bond donors (Lipinski definition) is 1. The molecule has 4 nitrogen and oxygen atoms in total. The molecule has 1 aromatic heterocycles. The SMILES string of the molecule is Brc1cnc(N2CCOC3CCCC32)c(CNC2CC2)c1. The van der Waals surface area contributed by atoms with Gasteiger partial charge in [-0.05, 0) is 54.1 Å². The van der Waals surface area contributed by atoms with Crippen molar-refractivity contribution < 1.29 is 4.74 Å². The minimum absolute atomic E-state index is 0.411. The number of rotatable bonds is 4. The van der Waals surface area contributed by atoms with Crippen LogP contribution in [0.1, 0.15) is 37.7 Å². The summed E-state index contributed by atoms with van der Waals surface area (Å²) >= 11 is 3.57. The third kappa shape index (κ3) is 2.96. The van der Waals surface area contributed by atoms with Gasteiger partial charge in [0, 0.05) is 35.4 Å². The lowest BCUT2D eigenvalue weighted by atomic mass is 10.1. The first-order chi connectivity index (χ1) is 10.3. The van der Waals surface area contributed by atoms with E-state index in [4.69, 9.17) is 9.72 Å². The Balaban J connectivity index is 1.59. The lowest BCUT2D eigenvalue weighted by molar-refractivity contribution is 0.0252. The first-order valence-corrected chi connectivity index (χ1v) is 8.86. The molecule has 5 heteroatoms. The molecule has 3 aliphatic rings. The van der Waals surface area contributed by atoms with Crippen LogP contribution in [0.2, 0.25) is 0 Å². The first-order valence-electron chi connectivity index (χ1n) is 8.07. The van der Waals surface area contributed by atoms with Crippen molar-refractivity contribution in [1.82, 2.24) is 10.3 Å². The van der Waals surface area contributed by atoms with E-state index in [1.807, 2.05) is 6.20 Å². The van der Waals surface area contributed by atoms with Gasteiger partial charge in [0.15, 0.2) is 0 Å². The van der Waals surface area contributed by atoms with Crippen LogP contribution in [0.15, 0.2) is 16.7 Å². The maximum absolute atomic E-state index is 5.93. The second-order valence-corrected chi connectivity index (χ2v) is 7.31. The summed E-state index contributed by atoms with van der Waals surface area (Å²) in [6, 6.07) is 3.46. The van der Waals surface area contributed by atoms with E-state index < -0.39 is 0 Å². The minimum Gasteiger partial charge on any atom is -0.374 e. The van der Waals surface area contributed by atoms with Gasteiger partial charge in [-0.1, -0.05) is 0 Å². The molecule has 114 valence electrons. The predicted octanol–water partition coefficient (Wildman–Crippen LogP) is 2.85. The summed E-state index contributed by atoms with van der Waals surface area (Å²) in [5, 5.41) is 3.62. The molecule has 0 radical (unpaired) electrons. The van der Waals surface area contributed by atoms with Crippen molar-refractivity contribution in [3.63, 3.8) is 0 Å². The molecule has 2 heterocycles. The number of fused-ring (bicyclic) bond motifs is 1. The number of halogens is 1. The lowest BCUT2D eigenvalue weighted by Gasteiger charge is -2.39. The summed E-state index contributed by atoms with van der Waals surface area (Å²) in [4.78, 5) is 7.24. The highest BCUT2D eigenvalue weighted by atomic mass is 79.9. The van der Waals surface area contributed by atoms with E-state index in [2.05, 4.69) is 32.2 Å². The minimum atomic E-state index is 0.411. The van der Waals surface area contributed by atoms with E-state index in [0.29, 0.717) is 12.1 Å². The van der Waals surface area contributed by atoms with Gasteiger partial charge in [-0.15, -0.1) is 0 Å². The number of nitrogens with zero attached hydrogens (tertiary/aromatic N) is 2. The van der Waals surface area contributed by atoms with Crippen molar-refractivity contribution >= 4 is 21.7 Å². The van der Waals surface area contributed by atoms with E-state index in [9.17, 15) is 0 Å². The standard InChI is InChI=1S/C16H22BrN3O/c17-12-8-11(9-18-13-4-5-13)16(19-10-12)20-6-7-21-15-3-1-2-14(15)20/h8,10,13-15,18H,1-7,9H2. The van der Waals surface area contributed by atoms with E-state index in [0.717, 1.165) is 36.0 Å². The van der Waals surface area contributed by atoms with Crippen molar-refractivity contribution in [1.29, 1.82) is 0 Å². The molecule has 3 fully saturated rings. The highest BCUT2D eigenvalue weighted by Crippen LogP contribution is 2.34. The molecule has 1 aromatic rings. The second-order valence-electron chi connectivity index (χ2n) is 6.39. The van der Waals surface area contributed by atoms with E-state index in [-0.39, 0.29) is 0 Å². The quantitative estimate of drug-likeness (QED) is 0.904. The van der Waals surface area contributed by atoms with Crippen LogP contribution in [-0.2, 0) is 11.3 Å².